The minimum atomic E-state index is -3.29. The van der Waals surface area contributed by atoms with E-state index in [9.17, 15) is 8.42 Å². The van der Waals surface area contributed by atoms with Gasteiger partial charge in [0.25, 0.3) is 0 Å². The van der Waals surface area contributed by atoms with Gasteiger partial charge in [0.2, 0.25) is 15.0 Å². The highest BCUT2D eigenvalue weighted by Crippen LogP contribution is 2.13. The molecule has 0 saturated heterocycles. The van der Waals surface area contributed by atoms with E-state index in [4.69, 9.17) is 5.11 Å². The van der Waals surface area contributed by atoms with E-state index in [1.807, 2.05) is 0 Å². The Kier molecular flexibility index (Phi) is 8.61. The molecular weight excluding hydrogens is 288 g/mol. The van der Waals surface area contributed by atoms with Crippen LogP contribution in [-0.2, 0) is 16.4 Å². The Hall–Kier alpha value is -0.880. The molecule has 0 saturated carbocycles. The van der Waals surface area contributed by atoms with Gasteiger partial charge in [-0.25, -0.2) is 13.4 Å². The normalized spacial score (nSPS) is 11.9. The highest BCUT2D eigenvalue weighted by Gasteiger charge is 2.19. The largest absolute Gasteiger partial charge is 0.396 e. The summed E-state index contributed by atoms with van der Waals surface area (Å²) in [5.74, 6) is 0.143. The maximum absolute atomic E-state index is 12.3. The average molecular weight is 316 g/mol. The maximum Gasteiger partial charge on any atom is 0.227 e. The van der Waals surface area contributed by atoms with Crippen LogP contribution >= 0.6 is 0 Å². The molecule has 1 aromatic rings. The molecule has 6 heteroatoms. The first-order valence-corrected chi connectivity index (χ1v) is 9.61. The second kappa shape index (κ2) is 9.95. The molecule has 0 aliphatic carbocycles. The lowest BCUT2D eigenvalue weighted by Gasteiger charge is -2.08. The van der Waals surface area contributed by atoms with Crippen LogP contribution in [0.1, 0.15) is 58.3 Å². The first kappa shape index (κ1) is 18.2. The molecule has 0 spiro atoms. The molecule has 0 unspecified atom stereocenters. The van der Waals surface area contributed by atoms with E-state index in [1.54, 1.807) is 17.0 Å². The lowest BCUT2D eigenvalue weighted by molar-refractivity contribution is 0.283. The Labute approximate surface area is 128 Å². The van der Waals surface area contributed by atoms with Crippen LogP contribution < -0.4 is 0 Å². The number of aliphatic hydroxyl groups excluding tert-OH is 1. The van der Waals surface area contributed by atoms with Crippen molar-refractivity contribution in [3.63, 3.8) is 0 Å². The highest BCUT2D eigenvalue weighted by atomic mass is 32.2. The van der Waals surface area contributed by atoms with Crippen LogP contribution in [-0.4, -0.2) is 35.4 Å². The van der Waals surface area contributed by atoms with Crippen LogP contribution in [0.25, 0.3) is 0 Å². The number of unbranched alkanes of at least 4 members (excludes halogenated alkanes) is 6. The van der Waals surface area contributed by atoms with E-state index in [-0.39, 0.29) is 17.5 Å². The van der Waals surface area contributed by atoms with Gasteiger partial charge in [-0.05, 0) is 19.3 Å². The number of imidazole rings is 1. The zero-order chi connectivity index (χ0) is 15.6. The molecule has 0 bridgehead atoms. The van der Waals surface area contributed by atoms with Gasteiger partial charge in [-0.2, -0.15) is 0 Å². The Morgan fingerprint density at radius 1 is 1.10 bits per heavy atom. The molecule has 1 aromatic heterocycles. The third-order valence-corrected chi connectivity index (χ3v) is 5.25. The lowest BCUT2D eigenvalue weighted by Crippen LogP contribution is -2.14. The van der Waals surface area contributed by atoms with E-state index in [0.717, 1.165) is 38.6 Å². The summed E-state index contributed by atoms with van der Waals surface area (Å²) in [5.41, 5.74) is 0. The first-order chi connectivity index (χ1) is 10.1. The molecule has 1 N–H and O–H groups in total. The quantitative estimate of drug-likeness (QED) is 0.602. The van der Waals surface area contributed by atoms with Crippen LogP contribution in [0.2, 0.25) is 0 Å². The Bertz CT molecular complexity index is 483. The van der Waals surface area contributed by atoms with Gasteiger partial charge in [0, 0.05) is 25.5 Å². The minimum Gasteiger partial charge on any atom is -0.396 e. The second-order valence-electron chi connectivity index (χ2n) is 5.42. The molecule has 0 atom stereocenters. The summed E-state index contributed by atoms with van der Waals surface area (Å²) in [6, 6.07) is 0. The summed E-state index contributed by atoms with van der Waals surface area (Å²) in [7, 11) is -3.29. The van der Waals surface area contributed by atoms with Crippen molar-refractivity contribution in [2.75, 3.05) is 12.4 Å². The molecular formula is C15H28N2O3S. The zero-order valence-electron chi connectivity index (χ0n) is 13.0. The first-order valence-electron chi connectivity index (χ1n) is 7.96. The summed E-state index contributed by atoms with van der Waals surface area (Å²) >= 11 is 0. The van der Waals surface area contributed by atoms with Crippen molar-refractivity contribution in [2.45, 2.75) is 70.0 Å². The zero-order valence-corrected chi connectivity index (χ0v) is 13.8. The number of aryl methyl sites for hydroxylation is 1. The van der Waals surface area contributed by atoms with Crippen molar-refractivity contribution < 1.29 is 13.5 Å². The SMILES string of the molecule is CCCCCCn1ccnc1S(=O)(=O)CCCCCCO. The van der Waals surface area contributed by atoms with E-state index in [1.165, 1.54) is 12.8 Å². The Balaban J connectivity index is 2.48. The standard InChI is InChI=1S/C15H28N2O3S/c1-2-3-4-7-11-17-12-10-16-15(17)21(19,20)14-9-6-5-8-13-18/h10,12,18H,2-9,11,13-14H2,1H3. The topological polar surface area (TPSA) is 72.2 Å². The minimum absolute atomic E-state index is 0.143. The summed E-state index contributed by atoms with van der Waals surface area (Å²) in [6.45, 7) is 3.05. The number of nitrogens with zero attached hydrogens (tertiary/aromatic N) is 2. The number of hydrogen-bond acceptors (Lipinski definition) is 4. The maximum atomic E-state index is 12.3. The monoisotopic (exact) mass is 316 g/mol. The molecule has 21 heavy (non-hydrogen) atoms. The van der Waals surface area contributed by atoms with E-state index in [2.05, 4.69) is 11.9 Å². The van der Waals surface area contributed by atoms with Gasteiger partial charge < -0.3 is 9.67 Å². The molecule has 5 nitrogen and oxygen atoms in total. The number of aromatic nitrogens is 2. The van der Waals surface area contributed by atoms with E-state index < -0.39 is 9.84 Å². The molecule has 0 radical (unpaired) electrons. The van der Waals surface area contributed by atoms with Crippen molar-refractivity contribution in [3.8, 4) is 0 Å². The molecule has 0 aromatic carbocycles. The average Bonchev–Trinajstić information content (AvgIpc) is 2.93. The molecule has 1 rings (SSSR count). The van der Waals surface area contributed by atoms with Crippen molar-refractivity contribution in [3.05, 3.63) is 12.4 Å². The second-order valence-corrected chi connectivity index (χ2v) is 7.42. The van der Waals surface area contributed by atoms with Crippen molar-refractivity contribution >= 4 is 9.84 Å². The highest BCUT2D eigenvalue weighted by molar-refractivity contribution is 7.91. The van der Waals surface area contributed by atoms with Gasteiger partial charge >= 0.3 is 0 Å². The van der Waals surface area contributed by atoms with Gasteiger partial charge in [-0.3, -0.25) is 0 Å². The predicted octanol–water partition coefficient (Wildman–Crippen LogP) is 2.79. The fraction of sp³-hybridized carbons (Fsp3) is 0.800. The van der Waals surface area contributed by atoms with Crippen LogP contribution in [0.3, 0.4) is 0 Å². The number of aliphatic hydroxyl groups is 1. The molecule has 0 amide bonds. The van der Waals surface area contributed by atoms with Gasteiger partial charge in [-0.15, -0.1) is 0 Å². The smallest absolute Gasteiger partial charge is 0.227 e. The van der Waals surface area contributed by atoms with E-state index >= 15 is 0 Å². The number of sulfone groups is 1. The van der Waals surface area contributed by atoms with Crippen molar-refractivity contribution in [2.24, 2.45) is 0 Å². The number of rotatable bonds is 12. The molecule has 0 aliphatic heterocycles. The molecule has 122 valence electrons. The van der Waals surface area contributed by atoms with Gasteiger partial charge in [-0.1, -0.05) is 39.0 Å². The van der Waals surface area contributed by atoms with Crippen LogP contribution in [0.5, 0.6) is 0 Å². The van der Waals surface area contributed by atoms with Crippen LogP contribution in [0.15, 0.2) is 17.6 Å². The van der Waals surface area contributed by atoms with Crippen molar-refractivity contribution in [1.29, 1.82) is 0 Å². The lowest BCUT2D eigenvalue weighted by atomic mass is 10.2. The van der Waals surface area contributed by atoms with Gasteiger partial charge in [0.15, 0.2) is 0 Å². The molecule has 0 fully saturated rings. The number of hydrogen-bond donors (Lipinski definition) is 1. The fourth-order valence-electron chi connectivity index (χ4n) is 2.30. The summed E-state index contributed by atoms with van der Waals surface area (Å²) < 4.78 is 26.4. The Morgan fingerprint density at radius 3 is 2.52 bits per heavy atom. The Morgan fingerprint density at radius 2 is 1.81 bits per heavy atom. The molecule has 0 aliphatic rings. The van der Waals surface area contributed by atoms with Gasteiger partial charge in [0.1, 0.15) is 0 Å². The van der Waals surface area contributed by atoms with Crippen LogP contribution in [0, 0.1) is 0 Å². The third kappa shape index (κ3) is 6.61. The van der Waals surface area contributed by atoms with Gasteiger partial charge in [0.05, 0.1) is 5.75 Å². The third-order valence-electron chi connectivity index (χ3n) is 3.53. The predicted molar refractivity (Wildman–Crippen MR) is 84.0 cm³/mol. The summed E-state index contributed by atoms with van der Waals surface area (Å²) in [6.07, 6.45) is 10.9. The fourth-order valence-corrected chi connectivity index (χ4v) is 3.80. The van der Waals surface area contributed by atoms with Crippen LogP contribution in [0.4, 0.5) is 0 Å². The summed E-state index contributed by atoms with van der Waals surface area (Å²) in [4.78, 5) is 4.04. The molecule has 1 heterocycles. The summed E-state index contributed by atoms with van der Waals surface area (Å²) in [5, 5.41) is 8.91. The van der Waals surface area contributed by atoms with Crippen molar-refractivity contribution in [1.82, 2.24) is 9.55 Å². The van der Waals surface area contributed by atoms with E-state index in [0.29, 0.717) is 6.42 Å².